The molecule has 0 heterocycles. The predicted octanol–water partition coefficient (Wildman–Crippen LogP) is 4.20. The maximum atomic E-state index is 6.38. The van der Waals surface area contributed by atoms with Gasteiger partial charge in [-0.05, 0) is 32.0 Å². The van der Waals surface area contributed by atoms with Crippen LogP contribution < -0.4 is 0 Å². The van der Waals surface area contributed by atoms with Gasteiger partial charge in [0, 0.05) is 5.22 Å². The van der Waals surface area contributed by atoms with Crippen molar-refractivity contribution in [3.05, 3.63) is 0 Å². The summed E-state index contributed by atoms with van der Waals surface area (Å²) < 4.78 is 6.38. The van der Waals surface area contributed by atoms with Gasteiger partial charge in [0.1, 0.15) is 0 Å². The molecule has 0 aromatic heterocycles. The summed E-state index contributed by atoms with van der Waals surface area (Å²) in [6, 6.07) is 0. The predicted molar refractivity (Wildman–Crippen MR) is 75.9 cm³/mol. The van der Waals surface area contributed by atoms with E-state index in [9.17, 15) is 0 Å². The molecule has 0 saturated carbocycles. The second kappa shape index (κ2) is 5.64. The Bertz CT molecular complexity index is 192. The molecule has 0 radical (unpaired) electrons. The Morgan fingerprint density at radius 2 is 1.73 bits per heavy atom. The van der Waals surface area contributed by atoms with E-state index >= 15 is 0 Å². The summed E-state index contributed by atoms with van der Waals surface area (Å²) in [6.07, 6.45) is 2.46. The Kier molecular flexibility index (Phi) is 5.79. The zero-order valence-corrected chi connectivity index (χ0v) is 14.1. The van der Waals surface area contributed by atoms with Crippen LogP contribution in [0.3, 0.4) is 0 Å². The molecular formula is C12H30OSi2. The highest BCUT2D eigenvalue weighted by atomic mass is 28.3. The number of hydrogen-bond donors (Lipinski definition) is 0. The fourth-order valence-corrected chi connectivity index (χ4v) is 8.35. The van der Waals surface area contributed by atoms with Gasteiger partial charge in [-0.15, -0.1) is 0 Å². The number of hydrogen-bond acceptors (Lipinski definition) is 1. The molecule has 0 bridgehead atoms. The maximum Gasteiger partial charge on any atom is 0.171 e. The Labute approximate surface area is 99.3 Å². The first-order valence-corrected chi connectivity index (χ1v) is 12.2. The van der Waals surface area contributed by atoms with Crippen molar-refractivity contribution in [3.63, 3.8) is 0 Å². The zero-order valence-electron chi connectivity index (χ0n) is 12.0. The van der Waals surface area contributed by atoms with Crippen molar-refractivity contribution in [1.29, 1.82) is 0 Å². The molecule has 0 saturated heterocycles. The van der Waals surface area contributed by atoms with E-state index in [2.05, 4.69) is 53.9 Å². The van der Waals surface area contributed by atoms with E-state index in [-0.39, 0.29) is 5.22 Å². The largest absolute Gasteiger partial charge is 0.418 e. The molecule has 2 atom stereocenters. The maximum absolute atomic E-state index is 6.38. The van der Waals surface area contributed by atoms with Crippen molar-refractivity contribution in [3.8, 4) is 0 Å². The van der Waals surface area contributed by atoms with Crippen molar-refractivity contribution in [2.45, 2.75) is 77.5 Å². The minimum atomic E-state index is -1.31. The third-order valence-corrected chi connectivity index (χ3v) is 11.7. The summed E-state index contributed by atoms with van der Waals surface area (Å²) >= 11 is 0. The van der Waals surface area contributed by atoms with Crippen LogP contribution in [0.2, 0.25) is 31.7 Å². The van der Waals surface area contributed by atoms with Crippen LogP contribution in [0.25, 0.3) is 0 Å². The van der Waals surface area contributed by atoms with E-state index in [1.165, 1.54) is 12.8 Å². The quantitative estimate of drug-likeness (QED) is 0.638. The molecule has 0 aromatic rings. The van der Waals surface area contributed by atoms with E-state index in [0.717, 1.165) is 5.54 Å². The standard InChI is InChI=1S/C12H30OSi2/c1-9-11(3)15(7,8)12(4,10-2)13-14(5)6/h11,14H,9-10H2,1-8H3. The lowest BCUT2D eigenvalue weighted by atomic mass is 10.3. The van der Waals surface area contributed by atoms with Crippen molar-refractivity contribution >= 4 is 17.1 Å². The third-order valence-electron chi connectivity index (χ3n) is 4.38. The number of rotatable bonds is 6. The van der Waals surface area contributed by atoms with Crippen molar-refractivity contribution in [2.24, 2.45) is 0 Å². The molecule has 15 heavy (non-hydrogen) atoms. The Morgan fingerprint density at radius 1 is 1.27 bits per heavy atom. The van der Waals surface area contributed by atoms with Gasteiger partial charge in [0.25, 0.3) is 0 Å². The smallest absolute Gasteiger partial charge is 0.171 e. The first-order valence-electron chi connectivity index (χ1n) is 6.39. The molecule has 92 valence electrons. The molecule has 0 aliphatic rings. The lowest BCUT2D eigenvalue weighted by Crippen LogP contribution is -2.57. The van der Waals surface area contributed by atoms with Gasteiger partial charge < -0.3 is 4.43 Å². The SMILES string of the molecule is CCC(C)[Si](C)(C)C(C)(CC)O[SiH](C)C. The summed E-state index contributed by atoms with van der Waals surface area (Å²) in [4.78, 5) is 0. The van der Waals surface area contributed by atoms with Gasteiger partial charge in [-0.25, -0.2) is 0 Å². The van der Waals surface area contributed by atoms with E-state index in [1.807, 2.05) is 0 Å². The third kappa shape index (κ3) is 3.43. The summed E-state index contributed by atoms with van der Waals surface area (Å²) in [7, 11) is -2.24. The molecule has 0 N–H and O–H groups in total. The normalized spacial score (nSPS) is 19.0. The Balaban J connectivity index is 4.91. The van der Waals surface area contributed by atoms with Crippen LogP contribution in [0, 0.1) is 0 Å². The van der Waals surface area contributed by atoms with Crippen molar-refractivity contribution < 1.29 is 4.43 Å². The Morgan fingerprint density at radius 3 is 2.00 bits per heavy atom. The molecule has 0 aliphatic carbocycles. The molecule has 0 rings (SSSR count). The first-order chi connectivity index (χ1) is 6.71. The van der Waals surface area contributed by atoms with Crippen LogP contribution in [0.4, 0.5) is 0 Å². The zero-order chi connectivity index (χ0) is 12.3. The van der Waals surface area contributed by atoms with Crippen LogP contribution in [0.1, 0.15) is 40.5 Å². The molecule has 2 unspecified atom stereocenters. The molecule has 0 spiro atoms. The van der Waals surface area contributed by atoms with Gasteiger partial charge >= 0.3 is 0 Å². The molecule has 0 fully saturated rings. The monoisotopic (exact) mass is 246 g/mol. The minimum absolute atomic E-state index is 0.183. The van der Waals surface area contributed by atoms with Crippen molar-refractivity contribution in [1.82, 2.24) is 0 Å². The average molecular weight is 247 g/mol. The highest BCUT2D eigenvalue weighted by molar-refractivity contribution is 6.81. The summed E-state index contributed by atoms with van der Waals surface area (Å²) in [5.41, 5.74) is 0.843. The van der Waals surface area contributed by atoms with E-state index in [0.29, 0.717) is 0 Å². The highest BCUT2D eigenvalue weighted by Gasteiger charge is 2.45. The second-order valence-corrected chi connectivity index (χ2v) is 13.6. The summed E-state index contributed by atoms with van der Waals surface area (Å²) in [5, 5.41) is 0.183. The van der Waals surface area contributed by atoms with Gasteiger partial charge in [0.2, 0.25) is 0 Å². The van der Waals surface area contributed by atoms with Crippen LogP contribution in [0.5, 0.6) is 0 Å². The fourth-order valence-electron chi connectivity index (χ4n) is 2.24. The average Bonchev–Trinajstić information content (AvgIpc) is 2.14. The molecular weight excluding hydrogens is 216 g/mol. The molecule has 0 amide bonds. The molecule has 0 aliphatic heterocycles. The topological polar surface area (TPSA) is 9.23 Å². The van der Waals surface area contributed by atoms with Crippen LogP contribution in [0.15, 0.2) is 0 Å². The van der Waals surface area contributed by atoms with E-state index < -0.39 is 17.1 Å². The summed E-state index contributed by atoms with van der Waals surface area (Å²) in [5.74, 6) is 0. The van der Waals surface area contributed by atoms with E-state index in [4.69, 9.17) is 4.43 Å². The fraction of sp³-hybridized carbons (Fsp3) is 1.00. The van der Waals surface area contributed by atoms with Gasteiger partial charge in [-0.1, -0.05) is 40.3 Å². The molecule has 1 nitrogen and oxygen atoms in total. The summed E-state index contributed by atoms with van der Waals surface area (Å²) in [6.45, 7) is 18.9. The van der Waals surface area contributed by atoms with Gasteiger partial charge in [-0.3, -0.25) is 0 Å². The van der Waals surface area contributed by atoms with Gasteiger partial charge in [-0.2, -0.15) is 0 Å². The van der Waals surface area contributed by atoms with E-state index in [1.54, 1.807) is 0 Å². The first kappa shape index (κ1) is 15.4. The van der Waals surface area contributed by atoms with Crippen LogP contribution in [-0.2, 0) is 4.43 Å². The minimum Gasteiger partial charge on any atom is -0.418 e. The van der Waals surface area contributed by atoms with Crippen LogP contribution >= 0.6 is 0 Å². The van der Waals surface area contributed by atoms with Gasteiger partial charge in [0.05, 0.1) is 8.07 Å². The lowest BCUT2D eigenvalue weighted by Gasteiger charge is -2.47. The Hall–Kier alpha value is 0.394. The van der Waals surface area contributed by atoms with Crippen molar-refractivity contribution in [2.75, 3.05) is 0 Å². The highest BCUT2D eigenvalue weighted by Crippen LogP contribution is 2.38. The van der Waals surface area contributed by atoms with Crippen LogP contribution in [-0.4, -0.2) is 22.3 Å². The molecule has 0 aromatic carbocycles. The van der Waals surface area contributed by atoms with Gasteiger partial charge in [0.15, 0.2) is 9.04 Å². The second-order valence-electron chi connectivity index (χ2n) is 5.78. The lowest BCUT2D eigenvalue weighted by molar-refractivity contribution is 0.158. The molecule has 3 heteroatoms.